The largest absolute Gasteiger partial charge is 0.435 e. The van der Waals surface area contributed by atoms with Crippen molar-refractivity contribution in [2.45, 2.75) is 39.2 Å². The van der Waals surface area contributed by atoms with E-state index in [9.17, 15) is 8.78 Å². The number of aryl methyl sites for hydroxylation is 1. The zero-order chi connectivity index (χ0) is 17.6. The molecule has 0 heterocycles. The third kappa shape index (κ3) is 4.56. The van der Waals surface area contributed by atoms with Crippen molar-refractivity contribution < 1.29 is 13.5 Å². The Kier molecular flexibility index (Phi) is 5.64. The molecule has 0 atom stereocenters. The molecule has 130 valence electrons. The Balaban J connectivity index is 1.80. The van der Waals surface area contributed by atoms with E-state index in [-0.39, 0.29) is 5.75 Å². The number of benzene rings is 3. The van der Waals surface area contributed by atoms with Gasteiger partial charge in [-0.2, -0.15) is 8.78 Å². The molecule has 0 radical (unpaired) electrons. The van der Waals surface area contributed by atoms with Crippen LogP contribution in [0.15, 0.2) is 60.7 Å². The Morgan fingerprint density at radius 1 is 0.800 bits per heavy atom. The average molecular weight is 340 g/mol. The van der Waals surface area contributed by atoms with Crippen molar-refractivity contribution in [3.63, 3.8) is 0 Å². The van der Waals surface area contributed by atoms with Crippen LogP contribution in [0.2, 0.25) is 0 Å². The van der Waals surface area contributed by atoms with Crippen LogP contribution in [0, 0.1) is 0 Å². The lowest BCUT2D eigenvalue weighted by molar-refractivity contribution is -0.0498. The summed E-state index contributed by atoms with van der Waals surface area (Å²) in [6, 6.07) is 19.7. The molecule has 0 aliphatic heterocycles. The highest BCUT2D eigenvalue weighted by atomic mass is 19.3. The van der Waals surface area contributed by atoms with Crippen molar-refractivity contribution in [2.75, 3.05) is 0 Å². The highest BCUT2D eigenvalue weighted by Gasteiger charge is 2.05. The highest BCUT2D eigenvalue weighted by Crippen LogP contribution is 2.27. The number of halogens is 2. The van der Waals surface area contributed by atoms with Crippen molar-refractivity contribution in [2.24, 2.45) is 0 Å². The van der Waals surface area contributed by atoms with Gasteiger partial charge in [0, 0.05) is 0 Å². The molecule has 3 heteroatoms. The summed E-state index contributed by atoms with van der Waals surface area (Å²) in [6.45, 7) is -0.577. The topological polar surface area (TPSA) is 9.23 Å². The summed E-state index contributed by atoms with van der Waals surface area (Å²) in [5, 5.41) is 2.42. The van der Waals surface area contributed by atoms with Gasteiger partial charge < -0.3 is 4.74 Å². The Bertz CT molecular complexity index is 825. The minimum Gasteiger partial charge on any atom is -0.435 e. The molecule has 0 aliphatic carbocycles. The molecule has 0 N–H and O–H groups in total. The maximum Gasteiger partial charge on any atom is 0.387 e. The molecule has 0 fully saturated rings. The SMILES string of the molecule is CCCCCc1ccc2cc(-c3ccc(OC(F)F)cc3)ccc2c1. The van der Waals surface area contributed by atoms with Gasteiger partial charge in [-0.3, -0.25) is 0 Å². The van der Waals surface area contributed by atoms with E-state index < -0.39 is 6.61 Å². The van der Waals surface area contributed by atoms with Gasteiger partial charge in [0.15, 0.2) is 0 Å². The van der Waals surface area contributed by atoms with Crippen LogP contribution in [0.1, 0.15) is 31.7 Å². The quantitative estimate of drug-likeness (QED) is 0.428. The second kappa shape index (κ2) is 8.11. The molecule has 0 aromatic heterocycles. The van der Waals surface area contributed by atoms with Crippen molar-refractivity contribution >= 4 is 10.8 Å². The molecule has 3 aromatic rings. The monoisotopic (exact) mass is 340 g/mol. The van der Waals surface area contributed by atoms with Gasteiger partial charge >= 0.3 is 6.61 Å². The second-order valence-electron chi connectivity index (χ2n) is 6.26. The highest BCUT2D eigenvalue weighted by molar-refractivity contribution is 5.87. The van der Waals surface area contributed by atoms with Crippen LogP contribution in [0.25, 0.3) is 21.9 Å². The van der Waals surface area contributed by atoms with Gasteiger partial charge in [0.1, 0.15) is 5.75 Å². The molecule has 0 aliphatic rings. The van der Waals surface area contributed by atoms with Gasteiger partial charge in [0.05, 0.1) is 0 Å². The molecular formula is C22H22F2O. The van der Waals surface area contributed by atoms with Crippen LogP contribution in [0.3, 0.4) is 0 Å². The third-order valence-electron chi connectivity index (χ3n) is 4.39. The molecule has 0 saturated heterocycles. The normalized spacial score (nSPS) is 11.2. The van der Waals surface area contributed by atoms with Crippen molar-refractivity contribution in [3.8, 4) is 16.9 Å². The predicted octanol–water partition coefficient (Wildman–Crippen LogP) is 6.84. The fourth-order valence-corrected chi connectivity index (χ4v) is 3.04. The number of fused-ring (bicyclic) bond motifs is 1. The van der Waals surface area contributed by atoms with E-state index in [0.29, 0.717) is 0 Å². The number of rotatable bonds is 7. The zero-order valence-corrected chi connectivity index (χ0v) is 14.3. The lowest BCUT2D eigenvalue weighted by atomic mass is 9.98. The minimum atomic E-state index is -2.79. The standard InChI is InChI=1S/C22H22F2O/c1-2-3-4-5-16-6-7-20-15-19(9-8-18(20)14-16)17-10-12-21(13-11-17)25-22(23)24/h6-15,22H,2-5H2,1H3. The summed E-state index contributed by atoms with van der Waals surface area (Å²) < 4.78 is 28.8. The van der Waals surface area contributed by atoms with Gasteiger partial charge in [-0.15, -0.1) is 0 Å². The molecule has 0 amide bonds. The Morgan fingerprint density at radius 2 is 1.48 bits per heavy atom. The lowest BCUT2D eigenvalue weighted by Gasteiger charge is -2.08. The van der Waals surface area contributed by atoms with Crippen LogP contribution < -0.4 is 4.74 Å². The van der Waals surface area contributed by atoms with Gasteiger partial charge in [-0.1, -0.05) is 62.2 Å². The van der Waals surface area contributed by atoms with E-state index in [1.54, 1.807) is 24.3 Å². The number of unbranched alkanes of at least 4 members (excludes halogenated alkanes) is 2. The predicted molar refractivity (Wildman–Crippen MR) is 99.2 cm³/mol. The molecule has 0 spiro atoms. The second-order valence-corrected chi connectivity index (χ2v) is 6.26. The molecule has 0 saturated carbocycles. The molecule has 3 rings (SSSR count). The molecule has 0 bridgehead atoms. The summed E-state index contributed by atoms with van der Waals surface area (Å²) in [7, 11) is 0. The van der Waals surface area contributed by atoms with Gasteiger partial charge in [-0.05, 0) is 58.5 Å². The maximum atomic E-state index is 12.2. The van der Waals surface area contributed by atoms with E-state index in [0.717, 1.165) is 17.5 Å². The van der Waals surface area contributed by atoms with Crippen LogP contribution in [0.5, 0.6) is 5.75 Å². The summed E-state index contributed by atoms with van der Waals surface area (Å²) in [5.41, 5.74) is 3.42. The molecule has 25 heavy (non-hydrogen) atoms. The van der Waals surface area contributed by atoms with Crippen molar-refractivity contribution in [1.82, 2.24) is 0 Å². The third-order valence-corrected chi connectivity index (χ3v) is 4.39. The van der Waals surface area contributed by atoms with E-state index in [4.69, 9.17) is 0 Å². The number of hydrogen-bond donors (Lipinski definition) is 0. The van der Waals surface area contributed by atoms with Crippen LogP contribution in [-0.4, -0.2) is 6.61 Å². The average Bonchev–Trinajstić information content (AvgIpc) is 2.62. The van der Waals surface area contributed by atoms with E-state index >= 15 is 0 Å². The van der Waals surface area contributed by atoms with Gasteiger partial charge in [0.25, 0.3) is 0 Å². The van der Waals surface area contributed by atoms with Crippen LogP contribution >= 0.6 is 0 Å². The number of ether oxygens (including phenoxy) is 1. The lowest BCUT2D eigenvalue weighted by Crippen LogP contribution is -2.01. The summed E-state index contributed by atoms with van der Waals surface area (Å²) in [4.78, 5) is 0. The van der Waals surface area contributed by atoms with E-state index in [2.05, 4.69) is 48.1 Å². The molecule has 0 unspecified atom stereocenters. The summed E-state index contributed by atoms with van der Waals surface area (Å²) in [5.74, 6) is 0.177. The smallest absolute Gasteiger partial charge is 0.387 e. The first-order chi connectivity index (χ1) is 12.2. The van der Waals surface area contributed by atoms with Crippen molar-refractivity contribution in [1.29, 1.82) is 0 Å². The number of hydrogen-bond acceptors (Lipinski definition) is 1. The fourth-order valence-electron chi connectivity index (χ4n) is 3.04. The van der Waals surface area contributed by atoms with Gasteiger partial charge in [-0.25, -0.2) is 0 Å². The van der Waals surface area contributed by atoms with Crippen LogP contribution in [-0.2, 0) is 6.42 Å². The maximum absolute atomic E-state index is 12.2. The minimum absolute atomic E-state index is 0.177. The molecule has 1 nitrogen and oxygen atoms in total. The Hall–Kier alpha value is -2.42. The zero-order valence-electron chi connectivity index (χ0n) is 14.3. The summed E-state index contributed by atoms with van der Waals surface area (Å²) >= 11 is 0. The fraction of sp³-hybridized carbons (Fsp3) is 0.273. The molecular weight excluding hydrogens is 318 g/mol. The van der Waals surface area contributed by atoms with E-state index in [1.807, 2.05) is 0 Å². The summed E-state index contributed by atoms with van der Waals surface area (Å²) in [6.07, 6.45) is 4.85. The van der Waals surface area contributed by atoms with Crippen LogP contribution in [0.4, 0.5) is 8.78 Å². The Labute approximate surface area is 147 Å². The van der Waals surface area contributed by atoms with E-state index in [1.165, 1.54) is 35.6 Å². The van der Waals surface area contributed by atoms with Crippen molar-refractivity contribution in [3.05, 3.63) is 66.2 Å². The first kappa shape index (κ1) is 17.4. The van der Waals surface area contributed by atoms with Gasteiger partial charge in [0.2, 0.25) is 0 Å². The Morgan fingerprint density at radius 3 is 2.20 bits per heavy atom. The first-order valence-corrected chi connectivity index (χ1v) is 8.73. The number of alkyl halides is 2. The molecule has 3 aromatic carbocycles. The first-order valence-electron chi connectivity index (χ1n) is 8.73.